The molecule has 4 nitrogen and oxygen atoms in total. The van der Waals surface area contributed by atoms with E-state index in [0.29, 0.717) is 13.2 Å². The fourth-order valence-electron chi connectivity index (χ4n) is 1.61. The fourth-order valence-corrected chi connectivity index (χ4v) is 3.13. The summed E-state index contributed by atoms with van der Waals surface area (Å²) in [6.45, 7) is 6.16. The zero-order chi connectivity index (χ0) is 14.1. The van der Waals surface area contributed by atoms with Gasteiger partial charge in [-0.15, -0.1) is 0 Å². The van der Waals surface area contributed by atoms with Crippen LogP contribution in [0.2, 0.25) is 0 Å². The van der Waals surface area contributed by atoms with E-state index in [2.05, 4.69) is 0 Å². The molecule has 1 aliphatic rings. The highest BCUT2D eigenvalue weighted by atomic mass is 32.2. The van der Waals surface area contributed by atoms with Gasteiger partial charge in [0, 0.05) is 24.7 Å². The van der Waals surface area contributed by atoms with Crippen LogP contribution in [0.25, 0.3) is 0 Å². The Labute approximate surface area is 131 Å². The number of ether oxygens (including phenoxy) is 4. The van der Waals surface area contributed by atoms with Crippen LogP contribution in [-0.4, -0.2) is 75.9 Å². The van der Waals surface area contributed by atoms with Crippen molar-refractivity contribution in [2.24, 2.45) is 0 Å². The third-order valence-electron chi connectivity index (χ3n) is 2.64. The van der Waals surface area contributed by atoms with Crippen LogP contribution in [-0.2, 0) is 18.9 Å². The van der Waals surface area contributed by atoms with Gasteiger partial charge in [-0.2, -0.15) is 23.5 Å². The molecule has 0 aromatic heterocycles. The Morgan fingerprint density at radius 2 is 0.800 bits per heavy atom. The van der Waals surface area contributed by atoms with E-state index in [9.17, 15) is 0 Å². The second kappa shape index (κ2) is 15.9. The SMILES string of the molecule is C1COCCOCCCSCCOCCOCCSC1. The molecule has 0 atom stereocenters. The highest BCUT2D eigenvalue weighted by Crippen LogP contribution is 2.04. The molecule has 0 saturated carbocycles. The molecular weight excluding hydrogens is 296 g/mol. The van der Waals surface area contributed by atoms with Gasteiger partial charge in [0.05, 0.1) is 39.6 Å². The summed E-state index contributed by atoms with van der Waals surface area (Å²) >= 11 is 3.84. The van der Waals surface area contributed by atoms with Gasteiger partial charge in [0.25, 0.3) is 0 Å². The van der Waals surface area contributed by atoms with Crippen molar-refractivity contribution in [1.29, 1.82) is 0 Å². The Bertz CT molecular complexity index is 110. The van der Waals surface area contributed by atoms with Gasteiger partial charge < -0.3 is 18.9 Å². The average Bonchev–Trinajstić information content (AvgIpc) is 2.46. The Balaban J connectivity index is 2.00. The van der Waals surface area contributed by atoms with Gasteiger partial charge in [0.1, 0.15) is 0 Å². The van der Waals surface area contributed by atoms with Crippen molar-refractivity contribution in [3.8, 4) is 0 Å². The predicted octanol–water partition coefficient (Wildman–Crippen LogP) is 2.31. The number of thioether (sulfide) groups is 2. The van der Waals surface area contributed by atoms with Crippen LogP contribution in [0.5, 0.6) is 0 Å². The van der Waals surface area contributed by atoms with E-state index in [4.69, 9.17) is 18.9 Å². The molecule has 6 heteroatoms. The summed E-state index contributed by atoms with van der Waals surface area (Å²) in [7, 11) is 0. The maximum atomic E-state index is 5.52. The lowest BCUT2D eigenvalue weighted by Gasteiger charge is -2.08. The Morgan fingerprint density at radius 3 is 1.25 bits per heavy atom. The van der Waals surface area contributed by atoms with Crippen molar-refractivity contribution >= 4 is 23.5 Å². The van der Waals surface area contributed by atoms with E-state index in [1.807, 2.05) is 23.5 Å². The number of hydrogen-bond acceptors (Lipinski definition) is 6. The van der Waals surface area contributed by atoms with Crippen LogP contribution in [0.4, 0.5) is 0 Å². The first-order chi connectivity index (χ1) is 10.0. The Morgan fingerprint density at radius 1 is 0.400 bits per heavy atom. The molecule has 1 rings (SSSR count). The maximum absolute atomic E-state index is 5.52. The van der Waals surface area contributed by atoms with Crippen LogP contribution < -0.4 is 0 Å². The summed E-state index contributed by atoms with van der Waals surface area (Å²) in [5, 5.41) is 0. The first kappa shape index (κ1) is 18.6. The molecular formula is C14H28O4S2. The van der Waals surface area contributed by atoms with Crippen LogP contribution >= 0.6 is 23.5 Å². The first-order valence-electron chi connectivity index (χ1n) is 7.46. The maximum Gasteiger partial charge on any atom is 0.0700 e. The molecule has 120 valence electrons. The second-order valence-corrected chi connectivity index (χ2v) is 6.83. The lowest BCUT2D eigenvalue weighted by atomic mass is 10.5. The molecule has 0 amide bonds. The predicted molar refractivity (Wildman–Crippen MR) is 87.2 cm³/mol. The summed E-state index contributed by atoms with van der Waals surface area (Å²) in [6.07, 6.45) is 2.20. The van der Waals surface area contributed by atoms with Crippen molar-refractivity contribution in [3.05, 3.63) is 0 Å². The van der Waals surface area contributed by atoms with Gasteiger partial charge in [-0.3, -0.25) is 0 Å². The molecule has 0 aliphatic carbocycles. The molecule has 1 saturated heterocycles. The molecule has 0 spiro atoms. The minimum absolute atomic E-state index is 0.710. The molecule has 0 aromatic rings. The lowest BCUT2D eigenvalue weighted by Crippen LogP contribution is -2.10. The minimum atomic E-state index is 0.710. The first-order valence-corrected chi connectivity index (χ1v) is 9.77. The van der Waals surface area contributed by atoms with Crippen molar-refractivity contribution in [3.63, 3.8) is 0 Å². The van der Waals surface area contributed by atoms with Crippen molar-refractivity contribution < 1.29 is 18.9 Å². The van der Waals surface area contributed by atoms with E-state index < -0.39 is 0 Å². The number of rotatable bonds is 0. The van der Waals surface area contributed by atoms with E-state index in [-0.39, 0.29) is 0 Å². The van der Waals surface area contributed by atoms with Gasteiger partial charge in [0.15, 0.2) is 0 Å². The Kier molecular flexibility index (Phi) is 14.8. The van der Waals surface area contributed by atoms with E-state index in [1.165, 1.54) is 0 Å². The van der Waals surface area contributed by atoms with Gasteiger partial charge in [-0.05, 0) is 24.3 Å². The lowest BCUT2D eigenvalue weighted by molar-refractivity contribution is 0.0487. The van der Waals surface area contributed by atoms with Gasteiger partial charge in [0.2, 0.25) is 0 Å². The van der Waals surface area contributed by atoms with Crippen molar-refractivity contribution in [1.82, 2.24) is 0 Å². The topological polar surface area (TPSA) is 36.9 Å². The van der Waals surface area contributed by atoms with E-state index in [0.717, 1.165) is 75.5 Å². The minimum Gasteiger partial charge on any atom is -0.379 e. The van der Waals surface area contributed by atoms with Gasteiger partial charge in [-0.25, -0.2) is 0 Å². The normalized spacial score (nSPS) is 24.0. The van der Waals surface area contributed by atoms with Crippen LogP contribution in [0.15, 0.2) is 0 Å². The largest absolute Gasteiger partial charge is 0.379 e. The molecule has 1 heterocycles. The standard InChI is InChI=1S/C14H28O4S2/c1-3-15-5-6-16-4-2-12-20-14-10-18-8-7-17-9-13-19-11-1/h1-14H2. The molecule has 0 N–H and O–H groups in total. The molecule has 0 aromatic carbocycles. The Hall–Kier alpha value is 0.540. The summed E-state index contributed by atoms with van der Waals surface area (Å²) in [6, 6.07) is 0. The monoisotopic (exact) mass is 324 g/mol. The number of hydrogen-bond donors (Lipinski definition) is 0. The van der Waals surface area contributed by atoms with E-state index in [1.54, 1.807) is 0 Å². The highest BCUT2D eigenvalue weighted by Gasteiger charge is 1.96. The van der Waals surface area contributed by atoms with E-state index >= 15 is 0 Å². The molecule has 0 radical (unpaired) electrons. The second-order valence-electron chi connectivity index (χ2n) is 4.38. The third kappa shape index (κ3) is 13.5. The third-order valence-corrected chi connectivity index (χ3v) is 4.71. The summed E-state index contributed by atoms with van der Waals surface area (Å²) in [4.78, 5) is 0. The van der Waals surface area contributed by atoms with Gasteiger partial charge >= 0.3 is 0 Å². The molecule has 1 fully saturated rings. The quantitative estimate of drug-likeness (QED) is 0.681. The van der Waals surface area contributed by atoms with Crippen LogP contribution in [0, 0.1) is 0 Å². The van der Waals surface area contributed by atoms with Gasteiger partial charge in [-0.1, -0.05) is 0 Å². The zero-order valence-electron chi connectivity index (χ0n) is 12.3. The summed E-state index contributed by atoms with van der Waals surface area (Å²) in [5.41, 5.74) is 0. The van der Waals surface area contributed by atoms with Crippen molar-refractivity contribution in [2.75, 3.05) is 75.9 Å². The summed E-state index contributed by atoms with van der Waals surface area (Å²) < 4.78 is 22.1. The van der Waals surface area contributed by atoms with Crippen molar-refractivity contribution in [2.45, 2.75) is 12.8 Å². The fraction of sp³-hybridized carbons (Fsp3) is 1.00. The summed E-state index contributed by atoms with van der Waals surface area (Å²) in [5.74, 6) is 4.38. The zero-order valence-corrected chi connectivity index (χ0v) is 14.0. The molecule has 1 aliphatic heterocycles. The smallest absolute Gasteiger partial charge is 0.0700 e. The van der Waals surface area contributed by atoms with Crippen LogP contribution in [0.1, 0.15) is 12.8 Å². The average molecular weight is 325 g/mol. The van der Waals surface area contributed by atoms with Crippen LogP contribution in [0.3, 0.4) is 0 Å². The highest BCUT2D eigenvalue weighted by molar-refractivity contribution is 7.99. The molecule has 0 bridgehead atoms. The molecule has 20 heavy (non-hydrogen) atoms. The molecule has 0 unspecified atom stereocenters.